The summed E-state index contributed by atoms with van der Waals surface area (Å²) in [5.74, 6) is 0. The van der Waals surface area contributed by atoms with Crippen LogP contribution in [0.3, 0.4) is 0 Å². The molecule has 0 aliphatic carbocycles. The van der Waals surface area contributed by atoms with Crippen molar-refractivity contribution in [2.75, 3.05) is 0 Å². The Morgan fingerprint density at radius 1 is 0.580 bits per heavy atom. The quantitative estimate of drug-likeness (QED) is 0.135. The molecule has 0 saturated carbocycles. The van der Waals surface area contributed by atoms with Crippen LogP contribution in [0.15, 0.2) is 133 Å². The smallest absolute Gasteiger partial charge is 0.398 e. The van der Waals surface area contributed by atoms with Crippen molar-refractivity contribution in [3.63, 3.8) is 0 Å². The zero-order valence-electron chi connectivity index (χ0n) is 27.7. The van der Waals surface area contributed by atoms with Crippen molar-refractivity contribution in [3.05, 3.63) is 155 Å². The molecule has 0 aliphatic rings. The molecule has 0 spiro atoms. The Morgan fingerprint density at radius 3 is 1.40 bits per heavy atom. The number of hydrogen-bond donors (Lipinski definition) is 1. The van der Waals surface area contributed by atoms with E-state index >= 15 is 4.32 Å². The van der Waals surface area contributed by atoms with Gasteiger partial charge in [-0.2, -0.15) is 0 Å². The average molecular weight is 675 g/mol. The van der Waals surface area contributed by atoms with Crippen LogP contribution in [0.25, 0.3) is 65.2 Å². The van der Waals surface area contributed by atoms with Crippen molar-refractivity contribution >= 4 is 84.2 Å². The second kappa shape index (κ2) is 11.7. The fourth-order valence-corrected chi connectivity index (χ4v) is 8.67. The van der Waals surface area contributed by atoms with Crippen molar-refractivity contribution in [1.82, 2.24) is 9.13 Å². The van der Waals surface area contributed by atoms with Gasteiger partial charge in [-0.25, -0.2) is 0 Å². The fourth-order valence-electron chi connectivity index (χ4n) is 8.55. The maximum atomic E-state index is 15.7. The molecule has 9 aromatic rings. The fraction of sp³-hybridized carbons (Fsp3) is 0.116. The first-order chi connectivity index (χ1) is 24.5. The minimum atomic E-state index is -2.61. The molecule has 2 aromatic heterocycles. The first-order valence-electron chi connectivity index (χ1n) is 17.1. The highest BCUT2D eigenvalue weighted by Crippen LogP contribution is 2.51. The van der Waals surface area contributed by atoms with E-state index in [1.807, 2.05) is 36.4 Å². The van der Waals surface area contributed by atoms with Gasteiger partial charge in [-0.3, -0.25) is 4.32 Å². The Hall–Kier alpha value is -5.14. The standard InChI is InChI=1S/C43H33BClFN2O2/c1-3-47-39-19-11-9-15-31(39)35-25-37(29-13-5-7-17-33(29)41(35)47)43(50-44(46)49,27-21-23-28(45)24-22-27)38-26-36-32-16-10-12-20-40(32)48(4-2)42(36)34-18-8-6-14-30(34)38/h5-26,49H,3-4H2,1-2H3. The van der Waals surface area contributed by atoms with Crippen LogP contribution in [0.1, 0.15) is 30.5 Å². The van der Waals surface area contributed by atoms with Gasteiger partial charge in [0.1, 0.15) is 5.60 Å². The highest BCUT2D eigenvalue weighted by molar-refractivity contribution is 6.34. The number of fused-ring (bicyclic) bond motifs is 10. The Balaban J connectivity index is 1.55. The summed E-state index contributed by atoms with van der Waals surface area (Å²) in [6, 6.07) is 44.9. The molecule has 0 amide bonds. The van der Waals surface area contributed by atoms with Gasteiger partial charge in [-0.1, -0.05) is 109 Å². The van der Waals surface area contributed by atoms with E-state index in [2.05, 4.69) is 108 Å². The van der Waals surface area contributed by atoms with Gasteiger partial charge in [0.05, 0.1) is 11.0 Å². The third-order valence-electron chi connectivity index (χ3n) is 10.5. The molecule has 7 aromatic carbocycles. The van der Waals surface area contributed by atoms with Crippen molar-refractivity contribution in [3.8, 4) is 0 Å². The minimum absolute atomic E-state index is 0.543. The van der Waals surface area contributed by atoms with E-state index in [1.54, 1.807) is 12.1 Å². The first kappa shape index (κ1) is 30.9. The van der Waals surface area contributed by atoms with Gasteiger partial charge < -0.3 is 18.8 Å². The van der Waals surface area contributed by atoms with Gasteiger partial charge in [0.15, 0.2) is 0 Å². The Bertz CT molecular complexity index is 2610. The number of rotatable bonds is 7. The summed E-state index contributed by atoms with van der Waals surface area (Å²) in [7, 11) is -2.61. The number of para-hydroxylation sites is 2. The number of aryl methyl sites for hydroxylation is 2. The first-order valence-corrected chi connectivity index (χ1v) is 17.5. The number of hydrogen-bond acceptors (Lipinski definition) is 2. The van der Waals surface area contributed by atoms with E-state index in [1.165, 1.54) is 0 Å². The average Bonchev–Trinajstić information content (AvgIpc) is 3.66. The molecule has 2 heterocycles. The third kappa shape index (κ3) is 4.32. The molecular formula is C43H33BClFN2O2. The lowest BCUT2D eigenvalue weighted by Crippen LogP contribution is -2.38. The van der Waals surface area contributed by atoms with Gasteiger partial charge in [0.2, 0.25) is 0 Å². The highest BCUT2D eigenvalue weighted by atomic mass is 35.5. The number of nitrogens with zero attached hydrogens (tertiary/aromatic N) is 2. The molecule has 7 heteroatoms. The second-order valence-corrected chi connectivity index (χ2v) is 13.3. The van der Waals surface area contributed by atoms with E-state index in [0.717, 1.165) is 89.4 Å². The Kier molecular flexibility index (Phi) is 7.25. The molecule has 0 bridgehead atoms. The number of aromatic nitrogens is 2. The summed E-state index contributed by atoms with van der Waals surface area (Å²) in [5, 5.41) is 19.4. The molecule has 1 N–H and O–H groups in total. The molecule has 0 saturated heterocycles. The lowest BCUT2D eigenvalue weighted by molar-refractivity contribution is 0.103. The highest BCUT2D eigenvalue weighted by Gasteiger charge is 2.45. The zero-order chi connectivity index (χ0) is 34.1. The van der Waals surface area contributed by atoms with Crippen LogP contribution >= 0.6 is 11.6 Å². The van der Waals surface area contributed by atoms with E-state index < -0.39 is 13.0 Å². The molecule has 50 heavy (non-hydrogen) atoms. The van der Waals surface area contributed by atoms with Crippen LogP contribution in [-0.4, -0.2) is 21.6 Å². The summed E-state index contributed by atoms with van der Waals surface area (Å²) in [4.78, 5) is 0. The summed E-state index contributed by atoms with van der Waals surface area (Å²) in [5.41, 5.74) is 4.92. The molecule has 9 rings (SSSR count). The SMILES string of the molecule is CCn1c2ccccc2c2cc(C(OB(O)F)(c3ccc(Cl)cc3)c3cc4c5ccccc5n(CC)c4c4ccccc34)c3ccccc3c21. The summed E-state index contributed by atoms with van der Waals surface area (Å²) < 4.78 is 26.8. The third-order valence-corrected chi connectivity index (χ3v) is 10.7. The molecule has 0 atom stereocenters. The van der Waals surface area contributed by atoms with Crippen molar-refractivity contribution in [2.24, 2.45) is 0 Å². The number of halogens is 2. The van der Waals surface area contributed by atoms with Crippen LogP contribution in [-0.2, 0) is 23.3 Å². The number of benzene rings is 7. The Morgan fingerprint density at radius 2 is 0.980 bits per heavy atom. The lowest BCUT2D eigenvalue weighted by atomic mass is 9.74. The predicted molar refractivity (Wildman–Crippen MR) is 207 cm³/mol. The van der Waals surface area contributed by atoms with Crippen LogP contribution < -0.4 is 0 Å². The molecular weight excluding hydrogens is 642 g/mol. The van der Waals surface area contributed by atoms with Crippen molar-refractivity contribution < 1.29 is 14.0 Å². The summed E-state index contributed by atoms with van der Waals surface area (Å²) in [6.45, 7) is 5.86. The van der Waals surface area contributed by atoms with Crippen LogP contribution in [0, 0.1) is 0 Å². The Labute approximate surface area is 294 Å². The molecule has 0 radical (unpaired) electrons. The van der Waals surface area contributed by atoms with Gasteiger partial charge in [-0.05, 0) is 66.6 Å². The van der Waals surface area contributed by atoms with E-state index in [0.29, 0.717) is 10.6 Å². The van der Waals surface area contributed by atoms with Gasteiger partial charge >= 0.3 is 7.40 Å². The van der Waals surface area contributed by atoms with Crippen molar-refractivity contribution in [2.45, 2.75) is 32.5 Å². The van der Waals surface area contributed by atoms with E-state index in [4.69, 9.17) is 16.3 Å². The topological polar surface area (TPSA) is 39.3 Å². The van der Waals surface area contributed by atoms with Gasteiger partial charge in [0, 0.05) is 72.6 Å². The molecule has 244 valence electrons. The molecule has 4 nitrogen and oxygen atoms in total. The second-order valence-electron chi connectivity index (χ2n) is 12.9. The van der Waals surface area contributed by atoms with Gasteiger partial charge in [-0.15, -0.1) is 0 Å². The van der Waals surface area contributed by atoms with Crippen LogP contribution in [0.4, 0.5) is 4.32 Å². The minimum Gasteiger partial charge on any atom is -0.398 e. The van der Waals surface area contributed by atoms with E-state index in [9.17, 15) is 5.02 Å². The lowest BCUT2D eigenvalue weighted by Gasteiger charge is -2.38. The molecule has 0 fully saturated rings. The van der Waals surface area contributed by atoms with E-state index in [-0.39, 0.29) is 0 Å². The van der Waals surface area contributed by atoms with Gasteiger partial charge in [0.25, 0.3) is 0 Å². The maximum Gasteiger partial charge on any atom is 0.678 e. The monoisotopic (exact) mass is 674 g/mol. The largest absolute Gasteiger partial charge is 0.678 e. The van der Waals surface area contributed by atoms with Crippen LogP contribution in [0.5, 0.6) is 0 Å². The summed E-state index contributed by atoms with van der Waals surface area (Å²) in [6.07, 6.45) is 0. The molecule has 0 unspecified atom stereocenters. The summed E-state index contributed by atoms with van der Waals surface area (Å²) >= 11 is 6.50. The van der Waals surface area contributed by atoms with Crippen molar-refractivity contribution in [1.29, 1.82) is 0 Å². The predicted octanol–water partition coefficient (Wildman–Crippen LogP) is 11.2. The molecule has 0 aliphatic heterocycles. The maximum absolute atomic E-state index is 15.7. The normalized spacial score (nSPS) is 12.3. The zero-order valence-corrected chi connectivity index (χ0v) is 28.5. The van der Waals surface area contributed by atoms with Crippen LogP contribution in [0.2, 0.25) is 5.02 Å².